The summed E-state index contributed by atoms with van der Waals surface area (Å²) in [5.41, 5.74) is -1.29. The molecule has 14 heavy (non-hydrogen) atoms. The molecular formula is C10H10O4-2. The Morgan fingerprint density at radius 2 is 2.00 bits per heavy atom. The lowest BCUT2D eigenvalue weighted by molar-refractivity contribution is -0.335. The van der Waals surface area contributed by atoms with E-state index in [4.69, 9.17) is 0 Å². The number of hydrogen-bond donors (Lipinski definition) is 0. The number of carboxylic acid groups (broad SMARTS) is 2. The minimum absolute atomic E-state index is 0.201. The first-order chi connectivity index (χ1) is 6.48. The van der Waals surface area contributed by atoms with Crippen LogP contribution in [0.2, 0.25) is 0 Å². The summed E-state index contributed by atoms with van der Waals surface area (Å²) >= 11 is 0. The molecule has 0 saturated heterocycles. The van der Waals surface area contributed by atoms with E-state index in [9.17, 15) is 19.8 Å². The molecular weight excluding hydrogens is 184 g/mol. The van der Waals surface area contributed by atoms with Crippen molar-refractivity contribution in [1.82, 2.24) is 0 Å². The third kappa shape index (κ3) is 0.882. The Kier molecular flexibility index (Phi) is 1.71. The standard InChI is InChI=1S/C10H12O4/c1-10(9(13)14)6-3-2-5(4-6)7(10)8(11)12/h2-3,5-7H,4H2,1H3,(H,11,12)(H,13,14)/p-2/t5?,6?,7-,10-/m1/s1. The molecule has 0 heterocycles. The van der Waals surface area contributed by atoms with Gasteiger partial charge in [-0.05, 0) is 18.3 Å². The van der Waals surface area contributed by atoms with Crippen LogP contribution in [0.3, 0.4) is 0 Å². The SMILES string of the molecule is C[C@@]1(C(=O)[O-])C2C=CC(C2)[C@@H]1C(=O)[O-]. The first kappa shape index (κ1) is 9.24. The van der Waals surface area contributed by atoms with Crippen LogP contribution >= 0.6 is 0 Å². The maximum absolute atomic E-state index is 11.0. The zero-order chi connectivity index (χ0) is 10.5. The lowest BCUT2D eigenvalue weighted by atomic mass is 9.70. The van der Waals surface area contributed by atoms with Gasteiger partial charge in [-0.3, -0.25) is 0 Å². The molecule has 0 spiro atoms. The molecule has 76 valence electrons. The van der Waals surface area contributed by atoms with Gasteiger partial charge < -0.3 is 19.8 Å². The van der Waals surface area contributed by atoms with Gasteiger partial charge in [-0.1, -0.05) is 19.1 Å². The maximum atomic E-state index is 11.0. The van der Waals surface area contributed by atoms with Crippen molar-refractivity contribution < 1.29 is 19.8 Å². The van der Waals surface area contributed by atoms with Crippen LogP contribution in [0.15, 0.2) is 12.2 Å². The highest BCUT2D eigenvalue weighted by atomic mass is 16.4. The molecule has 2 rings (SSSR count). The van der Waals surface area contributed by atoms with Crippen LogP contribution < -0.4 is 10.2 Å². The highest BCUT2D eigenvalue weighted by Gasteiger charge is 2.54. The normalized spacial score (nSPS) is 44.2. The fourth-order valence-electron chi connectivity index (χ4n) is 2.79. The van der Waals surface area contributed by atoms with E-state index in [1.807, 2.05) is 0 Å². The molecule has 0 amide bonds. The predicted octanol–water partition coefficient (Wildman–Crippen LogP) is -1.69. The Hall–Kier alpha value is -1.32. The van der Waals surface area contributed by atoms with Gasteiger partial charge in [0.25, 0.3) is 0 Å². The molecule has 4 heteroatoms. The summed E-state index contributed by atoms with van der Waals surface area (Å²) in [6, 6.07) is 0. The van der Waals surface area contributed by atoms with Gasteiger partial charge in [0.05, 0.1) is 0 Å². The molecule has 4 atom stereocenters. The molecule has 0 N–H and O–H groups in total. The van der Waals surface area contributed by atoms with Crippen molar-refractivity contribution in [1.29, 1.82) is 0 Å². The first-order valence-corrected chi connectivity index (χ1v) is 4.58. The van der Waals surface area contributed by atoms with Crippen LogP contribution in [-0.4, -0.2) is 11.9 Å². The van der Waals surface area contributed by atoms with E-state index in [2.05, 4.69) is 0 Å². The lowest BCUT2D eigenvalue weighted by Crippen LogP contribution is -2.53. The van der Waals surface area contributed by atoms with E-state index in [0.29, 0.717) is 6.42 Å². The van der Waals surface area contributed by atoms with Crippen LogP contribution in [0.1, 0.15) is 13.3 Å². The molecule has 2 bridgehead atoms. The van der Waals surface area contributed by atoms with Crippen molar-refractivity contribution in [2.75, 3.05) is 0 Å². The monoisotopic (exact) mass is 194 g/mol. The van der Waals surface area contributed by atoms with Crippen LogP contribution in [0, 0.1) is 23.2 Å². The number of carboxylic acids is 2. The van der Waals surface area contributed by atoms with Gasteiger partial charge >= 0.3 is 0 Å². The van der Waals surface area contributed by atoms with Gasteiger partial charge in [-0.15, -0.1) is 0 Å². The summed E-state index contributed by atoms with van der Waals surface area (Å²) in [4.78, 5) is 21.9. The Morgan fingerprint density at radius 1 is 1.36 bits per heavy atom. The predicted molar refractivity (Wildman–Crippen MR) is 42.3 cm³/mol. The number of fused-ring (bicyclic) bond motifs is 2. The van der Waals surface area contributed by atoms with E-state index in [-0.39, 0.29) is 11.8 Å². The van der Waals surface area contributed by atoms with Gasteiger partial charge in [-0.2, -0.15) is 0 Å². The van der Waals surface area contributed by atoms with E-state index in [1.54, 1.807) is 12.2 Å². The second-order valence-corrected chi connectivity index (χ2v) is 4.26. The number of allylic oxidation sites excluding steroid dienone is 2. The van der Waals surface area contributed by atoms with E-state index >= 15 is 0 Å². The van der Waals surface area contributed by atoms with Crippen molar-refractivity contribution in [3.63, 3.8) is 0 Å². The number of aliphatic carboxylic acids is 2. The molecule has 2 aliphatic rings. The summed E-state index contributed by atoms with van der Waals surface area (Å²) < 4.78 is 0. The van der Waals surface area contributed by atoms with Gasteiger partial charge in [0.1, 0.15) is 0 Å². The lowest BCUT2D eigenvalue weighted by Gasteiger charge is -2.40. The van der Waals surface area contributed by atoms with Crippen LogP contribution in [0.4, 0.5) is 0 Å². The summed E-state index contributed by atoms with van der Waals surface area (Å²) in [5, 5.41) is 21.9. The van der Waals surface area contributed by atoms with E-state index < -0.39 is 23.3 Å². The quantitative estimate of drug-likeness (QED) is 0.491. The van der Waals surface area contributed by atoms with Crippen molar-refractivity contribution in [3.05, 3.63) is 12.2 Å². The van der Waals surface area contributed by atoms with E-state index in [0.717, 1.165) is 0 Å². The third-order valence-electron chi connectivity index (χ3n) is 3.65. The first-order valence-electron chi connectivity index (χ1n) is 4.58. The Balaban J connectivity index is 2.45. The average molecular weight is 194 g/mol. The van der Waals surface area contributed by atoms with Crippen LogP contribution in [-0.2, 0) is 9.59 Å². The fraction of sp³-hybridized carbons (Fsp3) is 0.600. The zero-order valence-electron chi connectivity index (χ0n) is 7.73. The number of hydrogen-bond acceptors (Lipinski definition) is 4. The highest BCUT2D eigenvalue weighted by Crippen LogP contribution is 2.55. The second-order valence-electron chi connectivity index (χ2n) is 4.26. The Labute approximate surface area is 81.2 Å². The highest BCUT2D eigenvalue weighted by molar-refractivity contribution is 5.83. The van der Waals surface area contributed by atoms with Crippen molar-refractivity contribution >= 4 is 11.9 Å². The molecule has 1 saturated carbocycles. The average Bonchev–Trinajstić information content (AvgIpc) is 2.61. The van der Waals surface area contributed by atoms with Crippen molar-refractivity contribution in [2.45, 2.75) is 13.3 Å². The molecule has 2 aliphatic carbocycles. The van der Waals surface area contributed by atoms with Crippen molar-refractivity contribution in [3.8, 4) is 0 Å². The molecule has 0 aromatic rings. The zero-order valence-corrected chi connectivity index (χ0v) is 7.73. The summed E-state index contributed by atoms with van der Waals surface area (Å²) in [6.45, 7) is 1.44. The third-order valence-corrected chi connectivity index (χ3v) is 3.65. The number of rotatable bonds is 2. The molecule has 4 nitrogen and oxygen atoms in total. The van der Waals surface area contributed by atoms with Gasteiger partial charge in [0, 0.05) is 23.3 Å². The number of carbonyl (C=O) groups excluding carboxylic acids is 2. The Bertz CT molecular complexity index is 333. The Morgan fingerprint density at radius 3 is 2.43 bits per heavy atom. The molecule has 2 unspecified atom stereocenters. The van der Waals surface area contributed by atoms with Gasteiger partial charge in [0.2, 0.25) is 0 Å². The largest absolute Gasteiger partial charge is 0.550 e. The molecule has 0 aromatic heterocycles. The molecule has 1 fully saturated rings. The van der Waals surface area contributed by atoms with Gasteiger partial charge in [-0.25, -0.2) is 0 Å². The van der Waals surface area contributed by atoms with Crippen LogP contribution in [0.25, 0.3) is 0 Å². The molecule has 0 radical (unpaired) electrons. The maximum Gasteiger partial charge on any atom is 0.0486 e. The smallest absolute Gasteiger partial charge is 0.0486 e. The topological polar surface area (TPSA) is 80.3 Å². The molecule has 0 aromatic carbocycles. The van der Waals surface area contributed by atoms with Gasteiger partial charge in [0.15, 0.2) is 0 Å². The molecule has 0 aliphatic heterocycles. The summed E-state index contributed by atoms with van der Waals surface area (Å²) in [5.74, 6) is -3.94. The fourth-order valence-corrected chi connectivity index (χ4v) is 2.79. The summed E-state index contributed by atoms with van der Waals surface area (Å²) in [7, 11) is 0. The summed E-state index contributed by atoms with van der Waals surface area (Å²) in [6.07, 6.45) is 4.14. The van der Waals surface area contributed by atoms with Crippen LogP contribution in [0.5, 0.6) is 0 Å². The van der Waals surface area contributed by atoms with Crippen molar-refractivity contribution in [2.24, 2.45) is 23.2 Å². The number of carbonyl (C=O) groups is 2. The minimum Gasteiger partial charge on any atom is -0.550 e. The second kappa shape index (κ2) is 2.59. The van der Waals surface area contributed by atoms with E-state index in [1.165, 1.54) is 6.92 Å². The minimum atomic E-state index is -1.29.